The van der Waals surface area contributed by atoms with E-state index in [1.54, 1.807) is 19.2 Å². The lowest BCUT2D eigenvalue weighted by atomic mass is 9.91. The first-order valence-electron chi connectivity index (χ1n) is 10.2. The van der Waals surface area contributed by atoms with Gasteiger partial charge in [-0.15, -0.1) is 0 Å². The summed E-state index contributed by atoms with van der Waals surface area (Å²) in [5, 5.41) is 6.42. The monoisotopic (exact) mass is 416 g/mol. The Labute approximate surface area is 176 Å². The van der Waals surface area contributed by atoms with Gasteiger partial charge in [0, 0.05) is 36.7 Å². The van der Waals surface area contributed by atoms with Crippen molar-refractivity contribution >= 4 is 5.91 Å². The highest BCUT2D eigenvalue weighted by molar-refractivity contribution is 5.77. The Kier molecular flexibility index (Phi) is 7.65. The topological polar surface area (TPSA) is 68.8 Å². The van der Waals surface area contributed by atoms with Crippen LogP contribution in [0.4, 0.5) is 4.39 Å². The van der Waals surface area contributed by atoms with Gasteiger partial charge in [-0.25, -0.2) is 4.39 Å². The van der Waals surface area contributed by atoms with Crippen LogP contribution in [-0.2, 0) is 22.7 Å². The van der Waals surface area contributed by atoms with E-state index in [-0.39, 0.29) is 17.8 Å². The number of piperidine rings is 1. The van der Waals surface area contributed by atoms with Crippen LogP contribution in [0, 0.1) is 5.82 Å². The van der Waals surface area contributed by atoms with Gasteiger partial charge >= 0.3 is 0 Å². The zero-order valence-electron chi connectivity index (χ0n) is 17.7. The predicted octanol–water partition coefficient (Wildman–Crippen LogP) is 3.49. The van der Waals surface area contributed by atoms with Crippen LogP contribution in [0.1, 0.15) is 42.5 Å². The number of benzene rings is 2. The number of halogens is 1. The molecule has 0 radical (unpaired) electrons. The molecule has 2 N–H and O–H groups in total. The van der Waals surface area contributed by atoms with E-state index in [9.17, 15) is 9.18 Å². The van der Waals surface area contributed by atoms with Crippen molar-refractivity contribution in [1.29, 1.82) is 0 Å². The fraction of sp³-hybridized carbons (Fsp3) is 0.435. The second-order valence-corrected chi connectivity index (χ2v) is 7.24. The number of hydrogen-bond acceptors (Lipinski definition) is 5. The molecule has 1 amide bonds. The van der Waals surface area contributed by atoms with Crippen molar-refractivity contribution in [2.45, 2.75) is 45.0 Å². The Morgan fingerprint density at radius 1 is 1.17 bits per heavy atom. The van der Waals surface area contributed by atoms with Crippen molar-refractivity contribution in [2.75, 3.05) is 20.8 Å². The maximum atomic E-state index is 14.5. The van der Waals surface area contributed by atoms with E-state index in [0.29, 0.717) is 43.9 Å². The third kappa shape index (κ3) is 5.29. The molecule has 0 bridgehead atoms. The second-order valence-electron chi connectivity index (χ2n) is 7.24. The van der Waals surface area contributed by atoms with E-state index in [1.807, 2.05) is 25.1 Å². The fourth-order valence-corrected chi connectivity index (χ4v) is 3.72. The van der Waals surface area contributed by atoms with E-state index >= 15 is 0 Å². The van der Waals surface area contributed by atoms with Gasteiger partial charge in [-0.2, -0.15) is 0 Å². The zero-order chi connectivity index (χ0) is 21.5. The van der Waals surface area contributed by atoms with E-state index < -0.39 is 6.04 Å². The number of amides is 1. The zero-order valence-corrected chi connectivity index (χ0v) is 17.7. The Morgan fingerprint density at radius 2 is 2.00 bits per heavy atom. The Hall–Kier alpha value is -2.64. The van der Waals surface area contributed by atoms with Crippen LogP contribution < -0.4 is 20.1 Å². The summed E-state index contributed by atoms with van der Waals surface area (Å²) >= 11 is 0. The van der Waals surface area contributed by atoms with Crippen LogP contribution in [0.15, 0.2) is 36.4 Å². The minimum absolute atomic E-state index is 0.0799. The number of nitrogens with one attached hydrogen (secondary N) is 2. The number of ether oxygens (including phenoxy) is 3. The number of methoxy groups -OCH3 is 2. The molecule has 6 nitrogen and oxygen atoms in total. The number of hydrogen-bond donors (Lipinski definition) is 2. The van der Waals surface area contributed by atoms with Gasteiger partial charge in [0.25, 0.3) is 0 Å². The lowest BCUT2D eigenvalue weighted by Crippen LogP contribution is -2.48. The van der Waals surface area contributed by atoms with Crippen LogP contribution in [0.5, 0.6) is 11.5 Å². The van der Waals surface area contributed by atoms with Crippen molar-refractivity contribution < 1.29 is 23.4 Å². The fourth-order valence-electron chi connectivity index (χ4n) is 3.72. The van der Waals surface area contributed by atoms with Gasteiger partial charge in [0.1, 0.15) is 17.3 Å². The summed E-state index contributed by atoms with van der Waals surface area (Å²) in [6.07, 6.45) is 1.02. The average molecular weight is 416 g/mol. The summed E-state index contributed by atoms with van der Waals surface area (Å²) in [6.45, 7) is 3.63. The molecule has 0 saturated carbocycles. The van der Waals surface area contributed by atoms with Crippen molar-refractivity contribution in [3.8, 4) is 11.5 Å². The van der Waals surface area contributed by atoms with E-state index in [0.717, 1.165) is 16.9 Å². The molecule has 162 valence electrons. The van der Waals surface area contributed by atoms with Crippen LogP contribution >= 0.6 is 0 Å². The maximum Gasteiger partial charge on any atom is 0.220 e. The largest absolute Gasteiger partial charge is 0.497 e. The van der Waals surface area contributed by atoms with E-state index in [1.165, 1.54) is 13.2 Å². The standard InChI is InChI=1S/C23H29FN2O4/c1-4-30-14-16-11-15(5-9-21(16)29-3)13-25-20-8-10-22(27)26-23(20)18-12-17(28-2)6-7-19(18)24/h5-7,9,11-12,20,23,25H,4,8,10,13-14H2,1-3H3,(H,26,27)/t20-,23+/m1/s1. The summed E-state index contributed by atoms with van der Waals surface area (Å²) in [5.74, 6) is 0.899. The number of rotatable bonds is 9. The van der Waals surface area contributed by atoms with Gasteiger partial charge in [0.05, 0.1) is 26.9 Å². The highest BCUT2D eigenvalue weighted by Gasteiger charge is 2.31. The first-order chi connectivity index (χ1) is 14.5. The highest BCUT2D eigenvalue weighted by atomic mass is 19.1. The van der Waals surface area contributed by atoms with Gasteiger partial charge in [0.15, 0.2) is 0 Å². The maximum absolute atomic E-state index is 14.5. The van der Waals surface area contributed by atoms with Gasteiger partial charge < -0.3 is 24.8 Å². The van der Waals surface area contributed by atoms with Crippen LogP contribution in [0.25, 0.3) is 0 Å². The molecule has 30 heavy (non-hydrogen) atoms. The Bertz CT molecular complexity index is 874. The van der Waals surface area contributed by atoms with E-state index in [2.05, 4.69) is 10.6 Å². The van der Waals surface area contributed by atoms with Gasteiger partial charge in [0.2, 0.25) is 5.91 Å². The van der Waals surface area contributed by atoms with Crippen LogP contribution in [-0.4, -0.2) is 32.8 Å². The lowest BCUT2D eigenvalue weighted by Gasteiger charge is -2.33. The van der Waals surface area contributed by atoms with Crippen molar-refractivity contribution in [3.63, 3.8) is 0 Å². The summed E-state index contributed by atoms with van der Waals surface area (Å²) in [7, 11) is 3.18. The van der Waals surface area contributed by atoms with Crippen molar-refractivity contribution in [1.82, 2.24) is 10.6 Å². The third-order valence-electron chi connectivity index (χ3n) is 5.31. The molecule has 1 fully saturated rings. The lowest BCUT2D eigenvalue weighted by molar-refractivity contribution is -0.123. The van der Waals surface area contributed by atoms with Crippen molar-refractivity contribution in [3.05, 3.63) is 58.9 Å². The predicted molar refractivity (Wildman–Crippen MR) is 112 cm³/mol. The molecule has 2 aromatic rings. The van der Waals surface area contributed by atoms with Crippen molar-refractivity contribution in [2.24, 2.45) is 0 Å². The molecule has 2 atom stereocenters. The molecule has 2 aromatic carbocycles. The summed E-state index contributed by atoms with van der Waals surface area (Å²) < 4.78 is 30.7. The Morgan fingerprint density at radius 3 is 2.73 bits per heavy atom. The van der Waals surface area contributed by atoms with Crippen LogP contribution in [0.2, 0.25) is 0 Å². The average Bonchev–Trinajstić information content (AvgIpc) is 2.77. The molecule has 0 unspecified atom stereocenters. The smallest absolute Gasteiger partial charge is 0.220 e. The normalized spacial score (nSPS) is 18.7. The quantitative estimate of drug-likeness (QED) is 0.655. The van der Waals surface area contributed by atoms with E-state index in [4.69, 9.17) is 14.2 Å². The number of carbonyl (C=O) groups is 1. The van der Waals surface area contributed by atoms with Gasteiger partial charge in [-0.3, -0.25) is 4.79 Å². The first kappa shape index (κ1) is 22.1. The second kappa shape index (κ2) is 10.4. The molecule has 1 heterocycles. The first-order valence-corrected chi connectivity index (χ1v) is 10.2. The summed E-state index contributed by atoms with van der Waals surface area (Å²) in [5.41, 5.74) is 2.46. The molecular weight excluding hydrogens is 387 g/mol. The molecule has 0 aromatic heterocycles. The SMILES string of the molecule is CCOCc1cc(CN[C@@H]2CCC(=O)N[C@H]2c2cc(OC)ccc2F)ccc1OC. The molecule has 1 saturated heterocycles. The highest BCUT2D eigenvalue weighted by Crippen LogP contribution is 2.29. The van der Waals surface area contributed by atoms with Gasteiger partial charge in [-0.05, 0) is 49.2 Å². The molecule has 1 aliphatic heterocycles. The number of carbonyl (C=O) groups excluding carboxylic acids is 1. The molecule has 7 heteroatoms. The summed E-state index contributed by atoms with van der Waals surface area (Å²) in [4.78, 5) is 12.0. The minimum atomic E-state index is -0.470. The molecule has 1 aliphatic rings. The van der Waals surface area contributed by atoms with Gasteiger partial charge in [-0.1, -0.05) is 6.07 Å². The molecule has 0 aliphatic carbocycles. The molecular formula is C23H29FN2O4. The van der Waals surface area contributed by atoms with Crippen LogP contribution in [0.3, 0.4) is 0 Å². The minimum Gasteiger partial charge on any atom is -0.497 e. The Balaban J connectivity index is 1.77. The third-order valence-corrected chi connectivity index (χ3v) is 5.31. The molecule has 0 spiro atoms. The summed E-state index contributed by atoms with van der Waals surface area (Å²) in [6, 6.07) is 9.97. The molecule has 3 rings (SSSR count).